The summed E-state index contributed by atoms with van der Waals surface area (Å²) in [5.41, 5.74) is 1.02. The average Bonchev–Trinajstić information content (AvgIpc) is 2.13. The van der Waals surface area contributed by atoms with Gasteiger partial charge in [0.05, 0.1) is 0 Å². The topological polar surface area (TPSA) is 40.5 Å². The first-order chi connectivity index (χ1) is 4.68. The Labute approximate surface area is 59.9 Å². The Morgan fingerprint density at radius 3 is 2.90 bits per heavy atom. The molecule has 1 rings (SSSR count). The van der Waals surface area contributed by atoms with Crippen LogP contribution in [-0.2, 0) is 4.79 Å². The average molecular weight is 141 g/mol. The third-order valence-corrected chi connectivity index (χ3v) is 1.62. The van der Waals surface area contributed by atoms with Crippen LogP contribution in [0.15, 0.2) is 11.6 Å². The number of likely N-dealkylation sites (tertiary alicyclic amines) is 1. The number of carbonyl (C=O) groups is 1. The number of nitrogens with zero attached hydrogens (tertiary/aromatic N) is 1. The number of carboxylic acids is 1. The standard InChI is InChI=1S/C7H11NO2/c1-8-3-2-6(5-8)4-7(9)10/h4H,2-3,5H2,1H3,(H,9,10)/b6-4+. The zero-order chi connectivity index (χ0) is 7.56. The van der Waals surface area contributed by atoms with E-state index in [0.717, 1.165) is 25.1 Å². The van der Waals surface area contributed by atoms with Gasteiger partial charge in [-0.1, -0.05) is 0 Å². The quantitative estimate of drug-likeness (QED) is 0.535. The van der Waals surface area contributed by atoms with Gasteiger partial charge < -0.3 is 10.0 Å². The number of rotatable bonds is 1. The second-order valence-electron chi connectivity index (χ2n) is 2.63. The Morgan fingerprint density at radius 2 is 2.50 bits per heavy atom. The van der Waals surface area contributed by atoms with Crippen molar-refractivity contribution >= 4 is 5.97 Å². The van der Waals surface area contributed by atoms with Crippen molar-refractivity contribution < 1.29 is 9.90 Å². The number of hydrogen-bond acceptors (Lipinski definition) is 2. The van der Waals surface area contributed by atoms with Gasteiger partial charge in [0.1, 0.15) is 0 Å². The van der Waals surface area contributed by atoms with Crippen molar-refractivity contribution in [2.45, 2.75) is 6.42 Å². The summed E-state index contributed by atoms with van der Waals surface area (Å²) < 4.78 is 0. The maximum absolute atomic E-state index is 10.2. The second kappa shape index (κ2) is 2.84. The van der Waals surface area contributed by atoms with Crippen LogP contribution in [0.1, 0.15) is 6.42 Å². The molecule has 0 spiro atoms. The van der Waals surface area contributed by atoms with Gasteiger partial charge >= 0.3 is 5.97 Å². The normalized spacial score (nSPS) is 23.9. The van der Waals surface area contributed by atoms with Crippen molar-refractivity contribution in [1.29, 1.82) is 0 Å². The van der Waals surface area contributed by atoms with Crippen LogP contribution in [0.5, 0.6) is 0 Å². The molecule has 3 heteroatoms. The molecule has 1 fully saturated rings. The molecule has 1 heterocycles. The molecule has 1 N–H and O–H groups in total. The summed E-state index contributed by atoms with van der Waals surface area (Å²) in [6.45, 7) is 1.80. The number of carboxylic acid groups (broad SMARTS) is 1. The third kappa shape index (κ3) is 1.84. The third-order valence-electron chi connectivity index (χ3n) is 1.62. The molecular formula is C7H11NO2. The zero-order valence-electron chi connectivity index (χ0n) is 6.00. The summed E-state index contributed by atoms with van der Waals surface area (Å²) in [5, 5.41) is 8.37. The van der Waals surface area contributed by atoms with Gasteiger partial charge in [0.25, 0.3) is 0 Å². The molecule has 0 amide bonds. The Morgan fingerprint density at radius 1 is 1.80 bits per heavy atom. The van der Waals surface area contributed by atoms with Crippen molar-refractivity contribution in [1.82, 2.24) is 4.90 Å². The Balaban J connectivity index is 2.51. The van der Waals surface area contributed by atoms with Crippen LogP contribution in [0.3, 0.4) is 0 Å². The Bertz CT molecular complexity index is 174. The first-order valence-corrected chi connectivity index (χ1v) is 3.29. The molecule has 1 aliphatic heterocycles. The summed E-state index contributed by atoms with van der Waals surface area (Å²) in [7, 11) is 1.99. The van der Waals surface area contributed by atoms with E-state index in [4.69, 9.17) is 5.11 Å². The van der Waals surface area contributed by atoms with E-state index in [1.165, 1.54) is 6.08 Å². The zero-order valence-corrected chi connectivity index (χ0v) is 6.00. The van der Waals surface area contributed by atoms with Gasteiger partial charge in [0, 0.05) is 19.2 Å². The van der Waals surface area contributed by atoms with Crippen molar-refractivity contribution in [2.75, 3.05) is 20.1 Å². The number of aliphatic carboxylic acids is 1. The van der Waals surface area contributed by atoms with Crippen molar-refractivity contribution in [3.8, 4) is 0 Å². The van der Waals surface area contributed by atoms with E-state index in [1.807, 2.05) is 7.05 Å². The van der Waals surface area contributed by atoms with E-state index >= 15 is 0 Å². The van der Waals surface area contributed by atoms with Gasteiger partial charge in [0.15, 0.2) is 0 Å². The molecule has 0 unspecified atom stereocenters. The van der Waals surface area contributed by atoms with E-state index in [2.05, 4.69) is 4.90 Å². The molecule has 0 aromatic heterocycles. The molecule has 0 atom stereocenters. The fraction of sp³-hybridized carbons (Fsp3) is 0.571. The molecule has 0 saturated carbocycles. The minimum Gasteiger partial charge on any atom is -0.478 e. The van der Waals surface area contributed by atoms with Crippen molar-refractivity contribution in [2.24, 2.45) is 0 Å². The molecule has 0 aromatic rings. The van der Waals surface area contributed by atoms with Gasteiger partial charge in [0.2, 0.25) is 0 Å². The van der Waals surface area contributed by atoms with Crippen molar-refractivity contribution in [3.63, 3.8) is 0 Å². The molecule has 56 valence electrons. The molecule has 1 aliphatic rings. The van der Waals surface area contributed by atoms with Gasteiger partial charge in [-0.3, -0.25) is 0 Å². The minimum atomic E-state index is -0.828. The SMILES string of the molecule is CN1CC/C(=C\C(=O)O)C1. The van der Waals surface area contributed by atoms with Crippen LogP contribution >= 0.6 is 0 Å². The summed E-state index contributed by atoms with van der Waals surface area (Å²) in [6.07, 6.45) is 2.21. The highest BCUT2D eigenvalue weighted by atomic mass is 16.4. The summed E-state index contributed by atoms with van der Waals surface area (Å²) in [5.74, 6) is -0.828. The van der Waals surface area contributed by atoms with E-state index < -0.39 is 5.97 Å². The van der Waals surface area contributed by atoms with Crippen LogP contribution in [0.4, 0.5) is 0 Å². The fourth-order valence-corrected chi connectivity index (χ4v) is 1.13. The lowest BCUT2D eigenvalue weighted by atomic mass is 10.2. The first-order valence-electron chi connectivity index (χ1n) is 3.29. The molecular weight excluding hydrogens is 130 g/mol. The highest BCUT2D eigenvalue weighted by Gasteiger charge is 2.12. The molecule has 0 radical (unpaired) electrons. The van der Waals surface area contributed by atoms with Crippen LogP contribution in [0.25, 0.3) is 0 Å². The molecule has 3 nitrogen and oxygen atoms in total. The second-order valence-corrected chi connectivity index (χ2v) is 2.63. The van der Waals surface area contributed by atoms with E-state index in [1.54, 1.807) is 0 Å². The monoisotopic (exact) mass is 141 g/mol. The van der Waals surface area contributed by atoms with Crippen molar-refractivity contribution in [3.05, 3.63) is 11.6 Å². The Kier molecular flexibility index (Phi) is 2.06. The van der Waals surface area contributed by atoms with E-state index in [0.29, 0.717) is 0 Å². The Hall–Kier alpha value is -0.830. The molecule has 0 aromatic carbocycles. The molecule has 10 heavy (non-hydrogen) atoms. The lowest BCUT2D eigenvalue weighted by molar-refractivity contribution is -0.131. The van der Waals surface area contributed by atoms with E-state index in [-0.39, 0.29) is 0 Å². The molecule has 0 bridgehead atoms. The first kappa shape index (κ1) is 7.28. The summed E-state index contributed by atoms with van der Waals surface area (Å²) in [6, 6.07) is 0. The van der Waals surface area contributed by atoms with Gasteiger partial charge in [-0.2, -0.15) is 0 Å². The number of hydrogen-bond donors (Lipinski definition) is 1. The summed E-state index contributed by atoms with van der Waals surface area (Å²) in [4.78, 5) is 12.3. The maximum Gasteiger partial charge on any atom is 0.328 e. The predicted octanol–water partition coefficient (Wildman–Crippen LogP) is 0.333. The highest BCUT2D eigenvalue weighted by Crippen LogP contribution is 2.11. The predicted molar refractivity (Wildman–Crippen MR) is 37.8 cm³/mol. The minimum absolute atomic E-state index is 0.812. The highest BCUT2D eigenvalue weighted by molar-refractivity contribution is 5.80. The van der Waals surface area contributed by atoms with Crippen LogP contribution in [-0.4, -0.2) is 36.1 Å². The smallest absolute Gasteiger partial charge is 0.328 e. The molecule has 0 aliphatic carbocycles. The maximum atomic E-state index is 10.2. The lowest BCUT2D eigenvalue weighted by Crippen LogP contribution is -2.11. The number of likely N-dealkylation sites (N-methyl/N-ethyl adjacent to an activating group) is 1. The van der Waals surface area contributed by atoms with Gasteiger partial charge in [-0.05, 0) is 19.0 Å². The van der Waals surface area contributed by atoms with Crippen LogP contribution in [0.2, 0.25) is 0 Å². The van der Waals surface area contributed by atoms with Gasteiger partial charge in [-0.25, -0.2) is 4.79 Å². The van der Waals surface area contributed by atoms with Gasteiger partial charge in [-0.15, -0.1) is 0 Å². The molecule has 1 saturated heterocycles. The lowest BCUT2D eigenvalue weighted by Gasteiger charge is -2.01. The summed E-state index contributed by atoms with van der Waals surface area (Å²) >= 11 is 0. The fourth-order valence-electron chi connectivity index (χ4n) is 1.13. The largest absolute Gasteiger partial charge is 0.478 e. The van der Waals surface area contributed by atoms with Crippen LogP contribution < -0.4 is 0 Å². The van der Waals surface area contributed by atoms with Crippen LogP contribution in [0, 0.1) is 0 Å². The van der Waals surface area contributed by atoms with E-state index in [9.17, 15) is 4.79 Å².